The second-order valence-corrected chi connectivity index (χ2v) is 3.42. The predicted molar refractivity (Wildman–Crippen MR) is 56.2 cm³/mol. The summed E-state index contributed by atoms with van der Waals surface area (Å²) in [5.74, 6) is -0.0888. The minimum atomic E-state index is -0.0888. The van der Waals surface area contributed by atoms with E-state index in [1.54, 1.807) is 12.5 Å². The van der Waals surface area contributed by atoms with Gasteiger partial charge in [-0.1, -0.05) is 6.92 Å². The molecule has 0 spiro atoms. The normalized spacial score (nSPS) is 10.2. The molecule has 0 aliphatic carbocycles. The van der Waals surface area contributed by atoms with E-state index in [0.717, 1.165) is 25.8 Å². The largest absolute Gasteiger partial charge is 0.466 e. The highest BCUT2D eigenvalue weighted by molar-refractivity contribution is 5.69. The first-order valence-corrected chi connectivity index (χ1v) is 5.36. The number of aryl methyl sites for hydroxylation is 1. The molecule has 1 aromatic rings. The average Bonchev–Trinajstić information content (AvgIpc) is 2.74. The first-order valence-electron chi connectivity index (χ1n) is 5.36. The molecule has 83 valence electrons. The van der Waals surface area contributed by atoms with Crippen molar-refractivity contribution in [2.24, 2.45) is 0 Å². The molecule has 0 aliphatic heterocycles. The molecule has 0 amide bonds. The maximum absolute atomic E-state index is 11.1. The van der Waals surface area contributed by atoms with Crippen molar-refractivity contribution >= 4 is 5.97 Å². The summed E-state index contributed by atoms with van der Waals surface area (Å²) in [5.41, 5.74) is 0. The third-order valence-corrected chi connectivity index (χ3v) is 2.02. The van der Waals surface area contributed by atoms with E-state index in [1.165, 1.54) is 0 Å². The van der Waals surface area contributed by atoms with Crippen LogP contribution in [0.25, 0.3) is 0 Å². The highest BCUT2D eigenvalue weighted by atomic mass is 16.5. The van der Waals surface area contributed by atoms with Crippen LogP contribution in [0.5, 0.6) is 0 Å². The van der Waals surface area contributed by atoms with Crippen LogP contribution in [0.2, 0.25) is 0 Å². The lowest BCUT2D eigenvalue weighted by Gasteiger charge is -2.03. The Labute approximate surface area is 90.3 Å². The third kappa shape index (κ3) is 5.20. The van der Waals surface area contributed by atoms with E-state index in [4.69, 9.17) is 4.74 Å². The number of carbonyl (C=O) groups is 1. The van der Waals surface area contributed by atoms with Crippen LogP contribution in [-0.2, 0) is 16.1 Å². The van der Waals surface area contributed by atoms with Gasteiger partial charge in [-0.3, -0.25) is 4.79 Å². The van der Waals surface area contributed by atoms with Crippen LogP contribution in [0.15, 0.2) is 12.5 Å². The van der Waals surface area contributed by atoms with Crippen molar-refractivity contribution in [2.45, 2.75) is 39.2 Å². The molecule has 4 nitrogen and oxygen atoms in total. The lowest BCUT2D eigenvalue weighted by atomic mass is 10.2. The van der Waals surface area contributed by atoms with Gasteiger partial charge in [0, 0.05) is 19.2 Å². The van der Waals surface area contributed by atoms with Gasteiger partial charge < -0.3 is 9.30 Å². The Bertz CT molecular complexity index is 270. The van der Waals surface area contributed by atoms with Gasteiger partial charge in [0.15, 0.2) is 0 Å². The zero-order valence-corrected chi connectivity index (χ0v) is 9.11. The molecular weight excluding hydrogens is 192 g/mol. The van der Waals surface area contributed by atoms with Crippen molar-refractivity contribution in [3.05, 3.63) is 18.7 Å². The number of esters is 1. The number of imidazole rings is 1. The Morgan fingerprint density at radius 3 is 3.07 bits per heavy atom. The maximum atomic E-state index is 11.1. The van der Waals surface area contributed by atoms with Crippen molar-refractivity contribution in [1.82, 2.24) is 9.55 Å². The van der Waals surface area contributed by atoms with E-state index < -0.39 is 0 Å². The van der Waals surface area contributed by atoms with Gasteiger partial charge in [0.1, 0.15) is 6.20 Å². The van der Waals surface area contributed by atoms with Gasteiger partial charge in [-0.25, -0.2) is 4.98 Å². The average molecular weight is 209 g/mol. The Kier molecular flexibility index (Phi) is 5.51. The molecule has 1 radical (unpaired) electrons. The predicted octanol–water partition coefficient (Wildman–Crippen LogP) is 1.81. The fourth-order valence-electron chi connectivity index (χ4n) is 1.22. The van der Waals surface area contributed by atoms with E-state index in [2.05, 4.69) is 11.2 Å². The molecule has 0 aromatic carbocycles. The van der Waals surface area contributed by atoms with Gasteiger partial charge >= 0.3 is 5.97 Å². The van der Waals surface area contributed by atoms with Gasteiger partial charge in [0.25, 0.3) is 0 Å². The summed E-state index contributed by atoms with van der Waals surface area (Å²) in [4.78, 5) is 14.9. The smallest absolute Gasteiger partial charge is 0.305 e. The number of rotatable bonds is 7. The van der Waals surface area contributed by atoms with E-state index in [1.807, 2.05) is 11.5 Å². The molecule has 0 atom stereocenters. The maximum Gasteiger partial charge on any atom is 0.305 e. The second-order valence-electron chi connectivity index (χ2n) is 3.42. The molecule has 15 heavy (non-hydrogen) atoms. The van der Waals surface area contributed by atoms with Crippen LogP contribution >= 0.6 is 0 Å². The first-order chi connectivity index (χ1) is 7.33. The molecule has 0 fully saturated rings. The molecule has 0 saturated carbocycles. The van der Waals surface area contributed by atoms with E-state index >= 15 is 0 Å². The Morgan fingerprint density at radius 2 is 2.40 bits per heavy atom. The first kappa shape index (κ1) is 11.8. The summed E-state index contributed by atoms with van der Waals surface area (Å²) in [7, 11) is 0. The van der Waals surface area contributed by atoms with Gasteiger partial charge in [0.05, 0.1) is 12.9 Å². The summed E-state index contributed by atoms with van der Waals surface area (Å²) >= 11 is 0. The van der Waals surface area contributed by atoms with Crippen molar-refractivity contribution in [1.29, 1.82) is 0 Å². The van der Waals surface area contributed by atoms with Crippen LogP contribution < -0.4 is 0 Å². The summed E-state index contributed by atoms with van der Waals surface area (Å²) in [6.07, 6.45) is 9.48. The summed E-state index contributed by atoms with van der Waals surface area (Å²) in [5, 5.41) is 0. The van der Waals surface area contributed by atoms with Crippen LogP contribution in [0.3, 0.4) is 0 Å². The monoisotopic (exact) mass is 209 g/mol. The van der Waals surface area contributed by atoms with Gasteiger partial charge in [0.2, 0.25) is 0 Å². The second kappa shape index (κ2) is 7.04. The van der Waals surface area contributed by atoms with Crippen LogP contribution in [-0.4, -0.2) is 22.1 Å². The zero-order chi connectivity index (χ0) is 10.9. The van der Waals surface area contributed by atoms with Crippen molar-refractivity contribution in [3.8, 4) is 0 Å². The number of ether oxygens (including phenoxy) is 1. The quantitative estimate of drug-likeness (QED) is 0.508. The van der Waals surface area contributed by atoms with Crippen LogP contribution in [0, 0.1) is 6.20 Å². The van der Waals surface area contributed by atoms with Crippen LogP contribution in [0.4, 0.5) is 0 Å². The molecule has 4 heteroatoms. The lowest BCUT2D eigenvalue weighted by molar-refractivity contribution is -0.143. The summed E-state index contributed by atoms with van der Waals surface area (Å²) in [6, 6.07) is 0. The minimum absolute atomic E-state index is 0.0888. The number of unbranched alkanes of at least 4 members (excludes halogenated alkanes) is 1. The number of hydrogen-bond donors (Lipinski definition) is 0. The molecule has 0 unspecified atom stereocenters. The molecule has 1 rings (SSSR count). The summed E-state index contributed by atoms with van der Waals surface area (Å²) in [6.45, 7) is 3.41. The zero-order valence-electron chi connectivity index (χ0n) is 9.11. The van der Waals surface area contributed by atoms with Crippen molar-refractivity contribution < 1.29 is 9.53 Å². The Morgan fingerprint density at radius 1 is 1.53 bits per heavy atom. The highest BCUT2D eigenvalue weighted by Crippen LogP contribution is 2.00. The van der Waals surface area contributed by atoms with Gasteiger partial charge in [-0.15, -0.1) is 0 Å². The standard InChI is InChI=1S/C11H17N2O2/c1-2-9-15-11(14)5-3-4-7-13-8-6-12-10-13/h8,10H,2-5,7,9H2,1H3. The van der Waals surface area contributed by atoms with Gasteiger partial charge in [-0.2, -0.15) is 0 Å². The SMILES string of the molecule is CCCOC(=O)CCCCn1c[c]nc1. The molecular formula is C11H17N2O2. The highest BCUT2D eigenvalue weighted by Gasteiger charge is 2.01. The number of aromatic nitrogens is 2. The third-order valence-electron chi connectivity index (χ3n) is 2.02. The number of carbonyl (C=O) groups excluding carboxylic acids is 1. The van der Waals surface area contributed by atoms with Crippen LogP contribution in [0.1, 0.15) is 32.6 Å². The van der Waals surface area contributed by atoms with Crippen molar-refractivity contribution in [3.63, 3.8) is 0 Å². The van der Waals surface area contributed by atoms with Gasteiger partial charge in [-0.05, 0) is 19.3 Å². The Hall–Kier alpha value is -1.32. The van der Waals surface area contributed by atoms with E-state index in [9.17, 15) is 4.79 Å². The van der Waals surface area contributed by atoms with E-state index in [0.29, 0.717) is 13.0 Å². The topological polar surface area (TPSA) is 44.1 Å². The Balaban J connectivity index is 1.99. The molecule has 0 aliphatic rings. The summed E-state index contributed by atoms with van der Waals surface area (Å²) < 4.78 is 6.92. The molecule has 1 aromatic heterocycles. The fourth-order valence-corrected chi connectivity index (χ4v) is 1.22. The molecule has 1 heterocycles. The fraction of sp³-hybridized carbons (Fsp3) is 0.636. The minimum Gasteiger partial charge on any atom is -0.466 e. The molecule has 0 bridgehead atoms. The van der Waals surface area contributed by atoms with Crippen molar-refractivity contribution in [2.75, 3.05) is 6.61 Å². The molecule has 0 N–H and O–H groups in total. The van der Waals surface area contributed by atoms with E-state index in [-0.39, 0.29) is 5.97 Å². The molecule has 0 saturated heterocycles. The lowest BCUT2D eigenvalue weighted by Crippen LogP contribution is -2.05. The number of nitrogens with zero attached hydrogens (tertiary/aromatic N) is 2. The number of hydrogen-bond acceptors (Lipinski definition) is 3.